The fourth-order valence-electron chi connectivity index (χ4n) is 3.18. The molecule has 0 radical (unpaired) electrons. The van der Waals surface area contributed by atoms with Crippen LogP contribution in [0.25, 0.3) is 0 Å². The van der Waals surface area contributed by atoms with Crippen LogP contribution in [-0.2, 0) is 6.54 Å². The lowest BCUT2D eigenvalue weighted by Crippen LogP contribution is -2.43. The summed E-state index contributed by atoms with van der Waals surface area (Å²) in [6.07, 6.45) is 2.29. The van der Waals surface area contributed by atoms with Gasteiger partial charge < -0.3 is 10.6 Å². The second kappa shape index (κ2) is 9.80. The van der Waals surface area contributed by atoms with Gasteiger partial charge in [0.1, 0.15) is 0 Å². The quantitative estimate of drug-likeness (QED) is 0.820. The zero-order valence-corrected chi connectivity index (χ0v) is 16.4. The molecule has 2 heterocycles. The molecule has 25 heavy (non-hydrogen) atoms. The van der Waals surface area contributed by atoms with E-state index in [0.29, 0.717) is 6.04 Å². The molecule has 2 aromatic rings. The van der Waals surface area contributed by atoms with Gasteiger partial charge in [-0.2, -0.15) is 5.10 Å². The van der Waals surface area contributed by atoms with Gasteiger partial charge in [-0.05, 0) is 49.6 Å². The molecule has 1 aliphatic heterocycles. The number of aryl methyl sites for hydroxylation is 1. The third-order valence-electron chi connectivity index (χ3n) is 4.61. The molecule has 0 bridgehead atoms. The van der Waals surface area contributed by atoms with Gasteiger partial charge in [-0.1, -0.05) is 12.1 Å². The summed E-state index contributed by atoms with van der Waals surface area (Å²) < 4.78 is 0. The summed E-state index contributed by atoms with van der Waals surface area (Å²) in [7, 11) is 2.12. The molecule has 1 aromatic heterocycles. The minimum Gasteiger partial charge on any atom is -0.399 e. The van der Waals surface area contributed by atoms with E-state index < -0.39 is 0 Å². The van der Waals surface area contributed by atoms with Crippen molar-refractivity contribution in [1.82, 2.24) is 15.1 Å². The molecular weight excluding hydrogens is 357 g/mol. The first-order valence-electron chi connectivity index (χ1n) is 8.22. The van der Waals surface area contributed by atoms with Crippen LogP contribution in [0.2, 0.25) is 0 Å². The van der Waals surface area contributed by atoms with Gasteiger partial charge in [0.15, 0.2) is 5.82 Å². The summed E-state index contributed by atoms with van der Waals surface area (Å²) >= 11 is 0. The van der Waals surface area contributed by atoms with Crippen LogP contribution in [0.15, 0.2) is 36.4 Å². The molecule has 0 saturated carbocycles. The summed E-state index contributed by atoms with van der Waals surface area (Å²) in [5.41, 5.74) is 8.96. The largest absolute Gasteiger partial charge is 0.399 e. The highest BCUT2D eigenvalue weighted by atomic mass is 35.5. The third-order valence-corrected chi connectivity index (χ3v) is 4.61. The molecule has 1 saturated heterocycles. The second-order valence-corrected chi connectivity index (χ2v) is 6.40. The topological polar surface area (TPSA) is 58.3 Å². The first-order valence-corrected chi connectivity index (χ1v) is 8.22. The number of rotatable bonds is 4. The van der Waals surface area contributed by atoms with E-state index >= 15 is 0 Å². The molecule has 0 spiro atoms. The SMILES string of the molecule is Cc1ccc(N(C)C2CCN(Cc3cccc(N)c3)CC2)nn1.Cl.Cl. The smallest absolute Gasteiger partial charge is 0.151 e. The number of nitrogens with zero attached hydrogens (tertiary/aromatic N) is 4. The molecule has 0 aliphatic carbocycles. The molecule has 138 valence electrons. The monoisotopic (exact) mass is 383 g/mol. The van der Waals surface area contributed by atoms with E-state index in [9.17, 15) is 0 Å². The number of halogens is 2. The first-order chi connectivity index (χ1) is 11.1. The van der Waals surface area contributed by atoms with Crippen molar-refractivity contribution >= 4 is 36.3 Å². The van der Waals surface area contributed by atoms with Crippen molar-refractivity contribution in [3.63, 3.8) is 0 Å². The summed E-state index contributed by atoms with van der Waals surface area (Å²) in [6.45, 7) is 5.14. The Morgan fingerprint density at radius 2 is 1.84 bits per heavy atom. The predicted molar refractivity (Wildman–Crippen MR) is 109 cm³/mol. The van der Waals surface area contributed by atoms with Gasteiger partial charge in [-0.25, -0.2) is 0 Å². The van der Waals surface area contributed by atoms with E-state index in [0.717, 1.165) is 49.7 Å². The highest BCUT2D eigenvalue weighted by molar-refractivity contribution is 5.85. The van der Waals surface area contributed by atoms with Gasteiger partial charge in [-0.15, -0.1) is 29.9 Å². The third kappa shape index (κ3) is 5.73. The van der Waals surface area contributed by atoms with E-state index in [1.807, 2.05) is 25.1 Å². The van der Waals surface area contributed by atoms with Crippen LogP contribution in [0, 0.1) is 6.92 Å². The molecule has 3 rings (SSSR count). The zero-order valence-electron chi connectivity index (χ0n) is 14.8. The lowest BCUT2D eigenvalue weighted by atomic mass is 10.0. The van der Waals surface area contributed by atoms with Crippen molar-refractivity contribution in [3.8, 4) is 0 Å². The molecular formula is C18H27Cl2N5. The van der Waals surface area contributed by atoms with Crippen molar-refractivity contribution in [3.05, 3.63) is 47.7 Å². The van der Waals surface area contributed by atoms with Gasteiger partial charge >= 0.3 is 0 Å². The van der Waals surface area contributed by atoms with Crippen LogP contribution in [0.3, 0.4) is 0 Å². The van der Waals surface area contributed by atoms with Crippen LogP contribution in [0.5, 0.6) is 0 Å². The highest BCUT2D eigenvalue weighted by Gasteiger charge is 2.23. The first kappa shape index (κ1) is 21.5. The number of piperidine rings is 1. The molecule has 0 atom stereocenters. The fraction of sp³-hybridized carbons (Fsp3) is 0.444. The molecule has 2 N–H and O–H groups in total. The number of hydrogen-bond donors (Lipinski definition) is 1. The lowest BCUT2D eigenvalue weighted by Gasteiger charge is -2.37. The Morgan fingerprint density at radius 3 is 2.44 bits per heavy atom. The number of nitrogen functional groups attached to an aromatic ring is 1. The van der Waals surface area contributed by atoms with Crippen LogP contribution < -0.4 is 10.6 Å². The predicted octanol–water partition coefficient (Wildman–Crippen LogP) is 3.31. The van der Waals surface area contributed by atoms with E-state index in [1.54, 1.807) is 0 Å². The summed E-state index contributed by atoms with van der Waals surface area (Å²) in [5, 5.41) is 8.46. The maximum absolute atomic E-state index is 5.86. The van der Waals surface area contributed by atoms with Crippen LogP contribution in [-0.4, -0.2) is 41.3 Å². The summed E-state index contributed by atoms with van der Waals surface area (Å²) in [5.74, 6) is 0.963. The van der Waals surface area contributed by atoms with Crippen molar-refractivity contribution in [1.29, 1.82) is 0 Å². The zero-order chi connectivity index (χ0) is 16.2. The Hall–Kier alpha value is -1.56. The maximum atomic E-state index is 5.86. The number of aromatic nitrogens is 2. The van der Waals surface area contributed by atoms with Gasteiger partial charge in [0.25, 0.3) is 0 Å². The molecule has 7 heteroatoms. The van der Waals surface area contributed by atoms with Gasteiger partial charge in [0, 0.05) is 38.4 Å². The Labute approximate surface area is 162 Å². The van der Waals surface area contributed by atoms with Gasteiger partial charge in [-0.3, -0.25) is 4.90 Å². The molecule has 0 amide bonds. The van der Waals surface area contributed by atoms with Crippen LogP contribution in [0.1, 0.15) is 24.1 Å². The van der Waals surface area contributed by atoms with Gasteiger partial charge in [0.2, 0.25) is 0 Å². The maximum Gasteiger partial charge on any atom is 0.151 e. The van der Waals surface area contributed by atoms with Crippen LogP contribution in [0.4, 0.5) is 11.5 Å². The molecule has 5 nitrogen and oxygen atoms in total. The fourth-order valence-corrected chi connectivity index (χ4v) is 3.18. The van der Waals surface area contributed by atoms with E-state index in [4.69, 9.17) is 5.73 Å². The molecule has 0 unspecified atom stereocenters. The standard InChI is InChI=1S/C18H25N5.2ClH/c1-14-6-7-18(21-20-14)22(2)17-8-10-23(11-9-17)13-15-4-3-5-16(19)12-15;;/h3-7,12,17H,8-11,13,19H2,1-2H3;2*1H. The highest BCUT2D eigenvalue weighted by Crippen LogP contribution is 2.21. The minimum atomic E-state index is 0. The summed E-state index contributed by atoms with van der Waals surface area (Å²) in [4.78, 5) is 4.77. The second-order valence-electron chi connectivity index (χ2n) is 6.40. The van der Waals surface area contributed by atoms with Crippen LogP contribution >= 0.6 is 24.8 Å². The number of likely N-dealkylation sites (tertiary alicyclic amines) is 1. The van der Waals surface area contributed by atoms with E-state index in [2.05, 4.69) is 45.2 Å². The molecule has 1 fully saturated rings. The Kier molecular flexibility index (Phi) is 8.42. The molecule has 1 aliphatic rings. The average molecular weight is 384 g/mol. The van der Waals surface area contributed by atoms with E-state index in [1.165, 1.54) is 5.56 Å². The number of anilines is 2. The lowest BCUT2D eigenvalue weighted by molar-refractivity contribution is 0.203. The minimum absolute atomic E-state index is 0. The number of hydrogen-bond acceptors (Lipinski definition) is 5. The summed E-state index contributed by atoms with van der Waals surface area (Å²) in [6, 6.07) is 12.8. The Morgan fingerprint density at radius 1 is 1.12 bits per heavy atom. The Balaban J connectivity index is 0.00000156. The van der Waals surface area contributed by atoms with Crippen molar-refractivity contribution in [2.45, 2.75) is 32.4 Å². The van der Waals surface area contributed by atoms with E-state index in [-0.39, 0.29) is 24.8 Å². The number of benzene rings is 1. The van der Waals surface area contributed by atoms with Crippen molar-refractivity contribution in [2.75, 3.05) is 30.8 Å². The Bertz CT molecular complexity index is 642. The number of nitrogens with two attached hydrogens (primary N) is 1. The normalized spacial score (nSPS) is 15.1. The van der Waals surface area contributed by atoms with Crippen molar-refractivity contribution < 1.29 is 0 Å². The van der Waals surface area contributed by atoms with Crippen molar-refractivity contribution in [2.24, 2.45) is 0 Å². The molecule has 1 aromatic carbocycles. The average Bonchev–Trinajstić information content (AvgIpc) is 2.56. The van der Waals surface area contributed by atoms with Gasteiger partial charge in [0.05, 0.1) is 5.69 Å².